The molecule has 1 unspecified atom stereocenters. The van der Waals surface area contributed by atoms with Crippen LogP contribution in [-0.4, -0.2) is 35.2 Å². The van der Waals surface area contributed by atoms with Crippen LogP contribution < -0.4 is 5.73 Å². The molecule has 4 nitrogen and oxygen atoms in total. The van der Waals surface area contributed by atoms with Crippen molar-refractivity contribution in [1.29, 1.82) is 0 Å². The van der Waals surface area contributed by atoms with Crippen LogP contribution in [0.3, 0.4) is 0 Å². The fourth-order valence-corrected chi connectivity index (χ4v) is 2.67. The number of hydrogen-bond donors (Lipinski definition) is 1. The Hall–Kier alpha value is -0.770. The molecule has 0 aromatic carbocycles. The monoisotopic (exact) mass is 284 g/mol. The number of rotatable bonds is 3. The Morgan fingerprint density at radius 2 is 2.05 bits per heavy atom. The van der Waals surface area contributed by atoms with Gasteiger partial charge in [0.1, 0.15) is 5.60 Å². The molecule has 1 rings (SSSR count). The summed E-state index contributed by atoms with van der Waals surface area (Å²) in [6.07, 6.45) is 3.92. The van der Waals surface area contributed by atoms with E-state index in [0.717, 1.165) is 32.2 Å². The van der Waals surface area contributed by atoms with Gasteiger partial charge in [-0.25, -0.2) is 4.79 Å². The standard InChI is InChI=1S/C16H32N2O2/c1-12(17)7-8-13-9-10-16(5,6)11-18(13)14(19)20-15(2,3)4/h12-13H,7-11,17H2,1-6H3/t12-,13?/m1/s1. The molecule has 1 amide bonds. The summed E-state index contributed by atoms with van der Waals surface area (Å²) in [4.78, 5) is 14.4. The first kappa shape index (κ1) is 17.3. The van der Waals surface area contributed by atoms with Gasteiger partial charge in [-0.15, -0.1) is 0 Å². The van der Waals surface area contributed by atoms with Crippen molar-refractivity contribution in [2.75, 3.05) is 6.54 Å². The van der Waals surface area contributed by atoms with Crippen LogP contribution in [0.2, 0.25) is 0 Å². The summed E-state index contributed by atoms with van der Waals surface area (Å²) in [5.74, 6) is 0. The van der Waals surface area contributed by atoms with Gasteiger partial charge in [0.15, 0.2) is 0 Å². The third kappa shape index (κ3) is 5.70. The zero-order chi connectivity index (χ0) is 15.6. The van der Waals surface area contributed by atoms with Gasteiger partial charge < -0.3 is 15.4 Å². The Labute approximate surface area is 124 Å². The Morgan fingerprint density at radius 3 is 2.55 bits per heavy atom. The number of likely N-dealkylation sites (tertiary alicyclic amines) is 1. The number of ether oxygens (including phenoxy) is 1. The van der Waals surface area contributed by atoms with Crippen molar-refractivity contribution < 1.29 is 9.53 Å². The fraction of sp³-hybridized carbons (Fsp3) is 0.938. The largest absolute Gasteiger partial charge is 0.444 e. The molecule has 0 spiro atoms. The molecule has 0 aromatic rings. The SMILES string of the molecule is C[C@@H](N)CCC1CCC(C)(C)CN1C(=O)OC(C)(C)C. The van der Waals surface area contributed by atoms with E-state index in [1.807, 2.05) is 32.6 Å². The Morgan fingerprint density at radius 1 is 1.45 bits per heavy atom. The first-order valence-electron chi connectivity index (χ1n) is 7.75. The molecule has 1 aliphatic heterocycles. The fourth-order valence-electron chi connectivity index (χ4n) is 2.67. The van der Waals surface area contributed by atoms with Gasteiger partial charge in [-0.1, -0.05) is 13.8 Å². The predicted octanol–water partition coefficient (Wildman–Crippen LogP) is 3.54. The quantitative estimate of drug-likeness (QED) is 0.862. The lowest BCUT2D eigenvalue weighted by atomic mass is 9.80. The van der Waals surface area contributed by atoms with E-state index in [0.29, 0.717) is 0 Å². The molecule has 1 aliphatic rings. The van der Waals surface area contributed by atoms with Crippen LogP contribution in [0, 0.1) is 5.41 Å². The van der Waals surface area contributed by atoms with Gasteiger partial charge in [0, 0.05) is 18.6 Å². The van der Waals surface area contributed by atoms with E-state index in [-0.39, 0.29) is 23.6 Å². The molecule has 0 bridgehead atoms. The molecular formula is C16H32N2O2. The summed E-state index contributed by atoms with van der Waals surface area (Å²) in [7, 11) is 0. The third-order valence-electron chi connectivity index (χ3n) is 3.78. The lowest BCUT2D eigenvalue weighted by Gasteiger charge is -2.44. The molecule has 0 radical (unpaired) electrons. The number of amides is 1. The minimum Gasteiger partial charge on any atom is -0.444 e. The van der Waals surface area contributed by atoms with Gasteiger partial charge in [0.25, 0.3) is 0 Å². The van der Waals surface area contributed by atoms with Crippen molar-refractivity contribution in [3.8, 4) is 0 Å². The number of hydrogen-bond acceptors (Lipinski definition) is 3. The normalized spacial score (nSPS) is 24.4. The molecule has 0 aliphatic carbocycles. The third-order valence-corrected chi connectivity index (χ3v) is 3.78. The van der Waals surface area contributed by atoms with Gasteiger partial charge in [-0.3, -0.25) is 0 Å². The lowest BCUT2D eigenvalue weighted by molar-refractivity contribution is -0.00918. The molecule has 0 saturated carbocycles. The highest BCUT2D eigenvalue weighted by atomic mass is 16.6. The highest BCUT2D eigenvalue weighted by molar-refractivity contribution is 5.68. The first-order valence-corrected chi connectivity index (χ1v) is 7.75. The van der Waals surface area contributed by atoms with Gasteiger partial charge in [0.2, 0.25) is 0 Å². The maximum absolute atomic E-state index is 12.4. The molecule has 1 saturated heterocycles. The number of carbonyl (C=O) groups excluding carboxylic acids is 1. The van der Waals surface area contributed by atoms with E-state index in [9.17, 15) is 4.79 Å². The molecule has 2 atom stereocenters. The molecular weight excluding hydrogens is 252 g/mol. The van der Waals surface area contributed by atoms with Crippen molar-refractivity contribution in [2.24, 2.45) is 11.1 Å². The van der Waals surface area contributed by atoms with Crippen molar-refractivity contribution in [1.82, 2.24) is 4.90 Å². The smallest absolute Gasteiger partial charge is 0.410 e. The van der Waals surface area contributed by atoms with Crippen molar-refractivity contribution in [3.63, 3.8) is 0 Å². The van der Waals surface area contributed by atoms with Gasteiger partial charge in [-0.2, -0.15) is 0 Å². The lowest BCUT2D eigenvalue weighted by Crippen LogP contribution is -2.51. The minimum atomic E-state index is -0.440. The second kappa shape index (κ2) is 6.33. The van der Waals surface area contributed by atoms with Crippen LogP contribution in [0.4, 0.5) is 4.79 Å². The molecule has 4 heteroatoms. The molecule has 1 fully saturated rings. The zero-order valence-electron chi connectivity index (χ0n) is 14.0. The summed E-state index contributed by atoms with van der Waals surface area (Å²) in [6, 6.07) is 0.453. The second-order valence-electron chi connectivity index (χ2n) is 8.02. The predicted molar refractivity (Wildman–Crippen MR) is 82.6 cm³/mol. The average Bonchev–Trinajstić information content (AvgIpc) is 2.23. The number of piperidine rings is 1. The number of nitrogens with zero attached hydrogens (tertiary/aromatic N) is 1. The van der Waals surface area contributed by atoms with Crippen LogP contribution in [0.5, 0.6) is 0 Å². The van der Waals surface area contributed by atoms with Crippen molar-refractivity contribution in [3.05, 3.63) is 0 Å². The molecule has 1 heterocycles. The average molecular weight is 284 g/mol. The molecule has 20 heavy (non-hydrogen) atoms. The van der Waals surface area contributed by atoms with E-state index in [2.05, 4.69) is 13.8 Å². The van der Waals surface area contributed by atoms with E-state index in [4.69, 9.17) is 10.5 Å². The Bertz CT molecular complexity index is 330. The molecule has 118 valence electrons. The first-order chi connectivity index (χ1) is 9.00. The van der Waals surface area contributed by atoms with E-state index < -0.39 is 5.60 Å². The Balaban J connectivity index is 2.74. The topological polar surface area (TPSA) is 55.6 Å². The van der Waals surface area contributed by atoms with Gasteiger partial charge >= 0.3 is 6.09 Å². The van der Waals surface area contributed by atoms with E-state index in [1.54, 1.807) is 0 Å². The highest BCUT2D eigenvalue weighted by Crippen LogP contribution is 2.34. The maximum Gasteiger partial charge on any atom is 0.410 e. The minimum absolute atomic E-state index is 0.168. The van der Waals surface area contributed by atoms with Crippen molar-refractivity contribution >= 4 is 6.09 Å². The van der Waals surface area contributed by atoms with Crippen LogP contribution >= 0.6 is 0 Å². The molecule has 0 aromatic heterocycles. The second-order valence-corrected chi connectivity index (χ2v) is 8.02. The van der Waals surface area contributed by atoms with Crippen molar-refractivity contribution in [2.45, 2.75) is 84.9 Å². The summed E-state index contributed by atoms with van der Waals surface area (Å²) in [5.41, 5.74) is 5.58. The van der Waals surface area contributed by atoms with Gasteiger partial charge in [0.05, 0.1) is 0 Å². The van der Waals surface area contributed by atoms with E-state index in [1.165, 1.54) is 0 Å². The van der Waals surface area contributed by atoms with E-state index >= 15 is 0 Å². The van der Waals surface area contributed by atoms with Crippen LogP contribution in [0.25, 0.3) is 0 Å². The summed E-state index contributed by atoms with van der Waals surface area (Å²) in [5, 5.41) is 0. The van der Waals surface area contributed by atoms with Crippen LogP contribution in [-0.2, 0) is 4.74 Å². The van der Waals surface area contributed by atoms with Crippen LogP contribution in [0.15, 0.2) is 0 Å². The zero-order valence-corrected chi connectivity index (χ0v) is 14.0. The van der Waals surface area contributed by atoms with Gasteiger partial charge in [-0.05, 0) is 58.8 Å². The summed E-state index contributed by atoms with van der Waals surface area (Å²) >= 11 is 0. The highest BCUT2D eigenvalue weighted by Gasteiger charge is 2.37. The summed E-state index contributed by atoms with van der Waals surface area (Å²) in [6.45, 7) is 13.0. The number of nitrogens with two attached hydrogens (primary N) is 1. The molecule has 2 N–H and O–H groups in total. The maximum atomic E-state index is 12.4. The van der Waals surface area contributed by atoms with Crippen LogP contribution in [0.1, 0.15) is 67.2 Å². The summed E-state index contributed by atoms with van der Waals surface area (Å²) < 4.78 is 5.56. The Kier molecular flexibility index (Phi) is 5.47. The number of carbonyl (C=O) groups is 1.